The second kappa shape index (κ2) is 13.2. The molecule has 8 heteroatoms. The van der Waals surface area contributed by atoms with Gasteiger partial charge in [0.05, 0.1) is 6.26 Å². The summed E-state index contributed by atoms with van der Waals surface area (Å²) in [7, 11) is -3.19. The minimum absolute atomic E-state index is 0.0563. The fourth-order valence-corrected chi connectivity index (χ4v) is 5.76. The van der Waals surface area contributed by atoms with Gasteiger partial charge in [-0.1, -0.05) is 51.3 Å². The molecule has 1 unspecified atom stereocenters. The van der Waals surface area contributed by atoms with Crippen LogP contribution in [0.4, 0.5) is 0 Å². The highest BCUT2D eigenvalue weighted by molar-refractivity contribution is 7.88. The van der Waals surface area contributed by atoms with Gasteiger partial charge in [-0.3, -0.25) is 4.99 Å². The van der Waals surface area contributed by atoms with Gasteiger partial charge >= 0.3 is 0 Å². The van der Waals surface area contributed by atoms with E-state index in [2.05, 4.69) is 41.0 Å². The molecule has 2 saturated heterocycles. The molecule has 1 N–H and O–H groups in total. The normalized spacial score (nSPS) is 19.1. The van der Waals surface area contributed by atoms with Crippen molar-refractivity contribution in [3.63, 3.8) is 0 Å². The zero-order valence-corrected chi connectivity index (χ0v) is 22.3. The summed E-state index contributed by atoms with van der Waals surface area (Å²) in [5.41, 5.74) is 3.88. The molecule has 0 aromatic heterocycles. The Morgan fingerprint density at radius 1 is 1.18 bits per heavy atom. The van der Waals surface area contributed by atoms with Crippen LogP contribution < -0.4 is 5.32 Å². The summed E-state index contributed by atoms with van der Waals surface area (Å²) in [4.78, 5) is 6.83. The SMILES string of the molecule is C=CN=C(C=C)C(c1ccc(Cl)cc1C(=C)N1CCNCC1)C1CCN(S(C)(=O)=O)CC1.CC. The maximum absolute atomic E-state index is 12.0. The number of nitrogens with zero attached hydrogens (tertiary/aromatic N) is 3. The number of sulfonamides is 1. The molecule has 3 rings (SSSR count). The number of halogens is 1. The van der Waals surface area contributed by atoms with Crippen LogP contribution in [-0.2, 0) is 10.0 Å². The van der Waals surface area contributed by atoms with Crippen molar-refractivity contribution in [3.8, 4) is 0 Å². The molecule has 0 spiro atoms. The molecule has 2 heterocycles. The predicted octanol–water partition coefficient (Wildman–Crippen LogP) is 4.77. The average molecular weight is 507 g/mol. The third-order valence-electron chi connectivity index (χ3n) is 6.37. The smallest absolute Gasteiger partial charge is 0.211 e. The third-order valence-corrected chi connectivity index (χ3v) is 7.91. The van der Waals surface area contributed by atoms with Crippen molar-refractivity contribution in [1.82, 2.24) is 14.5 Å². The molecule has 0 saturated carbocycles. The third kappa shape index (κ3) is 7.04. The first-order chi connectivity index (χ1) is 16.3. The van der Waals surface area contributed by atoms with Crippen molar-refractivity contribution in [3.05, 3.63) is 66.4 Å². The number of aliphatic imine (C=N–C) groups is 1. The molecule has 2 fully saturated rings. The van der Waals surface area contributed by atoms with Gasteiger partial charge < -0.3 is 10.2 Å². The van der Waals surface area contributed by atoms with Crippen molar-refractivity contribution in [2.45, 2.75) is 32.6 Å². The van der Waals surface area contributed by atoms with Crippen LogP contribution in [0.3, 0.4) is 0 Å². The lowest BCUT2D eigenvalue weighted by Crippen LogP contribution is -2.42. The molecule has 1 aromatic rings. The van der Waals surface area contributed by atoms with Crippen molar-refractivity contribution in [2.24, 2.45) is 10.9 Å². The van der Waals surface area contributed by atoms with Crippen molar-refractivity contribution < 1.29 is 8.42 Å². The van der Waals surface area contributed by atoms with E-state index < -0.39 is 10.0 Å². The Kier molecular flexibility index (Phi) is 11.0. The molecule has 2 aliphatic heterocycles. The summed E-state index contributed by atoms with van der Waals surface area (Å²) < 4.78 is 25.6. The van der Waals surface area contributed by atoms with Gasteiger partial charge in [-0.15, -0.1) is 0 Å². The minimum atomic E-state index is -3.19. The molecule has 6 nitrogen and oxygen atoms in total. The second-order valence-corrected chi connectivity index (χ2v) is 10.8. The van der Waals surface area contributed by atoms with Crippen LogP contribution in [0.1, 0.15) is 43.7 Å². The Labute approximate surface area is 211 Å². The highest BCUT2D eigenvalue weighted by Gasteiger charge is 2.34. The van der Waals surface area contributed by atoms with Gasteiger partial charge in [0.2, 0.25) is 10.0 Å². The van der Waals surface area contributed by atoms with Gasteiger partial charge in [-0.2, -0.15) is 0 Å². The maximum Gasteiger partial charge on any atom is 0.211 e. The van der Waals surface area contributed by atoms with Crippen LogP contribution in [0.25, 0.3) is 5.70 Å². The van der Waals surface area contributed by atoms with E-state index in [-0.39, 0.29) is 11.8 Å². The van der Waals surface area contributed by atoms with Crippen LogP contribution in [-0.4, -0.2) is 68.9 Å². The highest BCUT2D eigenvalue weighted by Crippen LogP contribution is 2.39. The molecule has 2 aliphatic rings. The van der Waals surface area contributed by atoms with Crippen molar-refractivity contribution >= 4 is 33.0 Å². The number of hydrogen-bond donors (Lipinski definition) is 1. The standard InChI is InChI=1S/C24H33ClN4O2S.C2H6/c1-5-23(27-6-2)24(19-9-13-29(14-10-19)32(4,30)31)21-8-7-20(25)17-22(21)18(3)28-15-11-26-12-16-28;1-2/h5-8,17,19,24,26H,1-3,9-16H2,4H3;1-2H3. The molecule has 0 amide bonds. The van der Waals surface area contributed by atoms with Crippen LogP contribution in [0.2, 0.25) is 5.02 Å². The van der Waals surface area contributed by atoms with Crippen molar-refractivity contribution in [1.29, 1.82) is 0 Å². The Morgan fingerprint density at radius 3 is 2.32 bits per heavy atom. The summed E-state index contributed by atoms with van der Waals surface area (Å²) in [6.07, 6.45) is 6.07. The molecule has 0 bridgehead atoms. The van der Waals surface area contributed by atoms with Gasteiger partial charge in [0.1, 0.15) is 0 Å². The van der Waals surface area contributed by atoms with E-state index in [0.717, 1.165) is 61.6 Å². The number of piperazine rings is 1. The number of benzene rings is 1. The van der Waals surface area contributed by atoms with E-state index >= 15 is 0 Å². The molecule has 0 radical (unpaired) electrons. The lowest BCUT2D eigenvalue weighted by Gasteiger charge is -2.37. The van der Waals surface area contributed by atoms with E-state index in [9.17, 15) is 8.42 Å². The van der Waals surface area contributed by atoms with Crippen LogP contribution >= 0.6 is 11.6 Å². The first-order valence-electron chi connectivity index (χ1n) is 12.0. The Bertz CT molecular complexity index is 992. The molecule has 34 heavy (non-hydrogen) atoms. The van der Waals surface area contributed by atoms with E-state index in [0.29, 0.717) is 18.1 Å². The molecular weight excluding hydrogens is 468 g/mol. The minimum Gasteiger partial charge on any atom is -0.369 e. The quantitative estimate of drug-likeness (QED) is 0.516. The van der Waals surface area contributed by atoms with Gasteiger partial charge in [0.15, 0.2) is 0 Å². The van der Waals surface area contributed by atoms with Gasteiger partial charge in [-0.25, -0.2) is 12.7 Å². The number of hydrogen-bond acceptors (Lipinski definition) is 5. The van der Waals surface area contributed by atoms with Gasteiger partial charge in [0.25, 0.3) is 0 Å². The van der Waals surface area contributed by atoms with Crippen molar-refractivity contribution in [2.75, 3.05) is 45.5 Å². The largest absolute Gasteiger partial charge is 0.369 e. The highest BCUT2D eigenvalue weighted by atomic mass is 35.5. The number of nitrogens with one attached hydrogen (secondary N) is 1. The maximum atomic E-state index is 12.0. The zero-order chi connectivity index (χ0) is 25.3. The lowest BCUT2D eigenvalue weighted by atomic mass is 9.75. The molecular formula is C26H39ClN4O2S. The fraction of sp³-hybridized carbons (Fsp3) is 0.500. The Morgan fingerprint density at radius 2 is 1.79 bits per heavy atom. The summed E-state index contributed by atoms with van der Waals surface area (Å²) in [6.45, 7) is 20.8. The monoisotopic (exact) mass is 506 g/mol. The van der Waals surface area contributed by atoms with E-state index in [4.69, 9.17) is 11.6 Å². The van der Waals surface area contributed by atoms with Crippen LogP contribution in [0.5, 0.6) is 0 Å². The topological polar surface area (TPSA) is 65.0 Å². The van der Waals surface area contributed by atoms with Crippen LogP contribution in [0, 0.1) is 5.92 Å². The first-order valence-corrected chi connectivity index (χ1v) is 14.2. The average Bonchev–Trinajstić information content (AvgIpc) is 2.85. The summed E-state index contributed by atoms with van der Waals surface area (Å²) in [5.74, 6) is 0.152. The van der Waals surface area contributed by atoms with Gasteiger partial charge in [0, 0.05) is 73.4 Å². The zero-order valence-electron chi connectivity index (χ0n) is 20.8. The second-order valence-electron chi connectivity index (χ2n) is 8.33. The summed E-state index contributed by atoms with van der Waals surface area (Å²) >= 11 is 6.42. The van der Waals surface area contributed by atoms with Gasteiger partial charge in [-0.05, 0) is 42.5 Å². The molecule has 0 aliphatic carbocycles. The van der Waals surface area contributed by atoms with E-state index in [1.54, 1.807) is 10.4 Å². The number of allylic oxidation sites excluding steroid dienone is 1. The first kappa shape index (κ1) is 28.3. The predicted molar refractivity (Wildman–Crippen MR) is 146 cm³/mol. The number of piperidine rings is 1. The summed E-state index contributed by atoms with van der Waals surface area (Å²) in [5, 5.41) is 4.03. The molecule has 1 atom stereocenters. The lowest BCUT2D eigenvalue weighted by molar-refractivity contribution is 0.265. The molecule has 188 valence electrons. The van der Waals surface area contributed by atoms with Crippen LogP contribution in [0.15, 0.2) is 55.2 Å². The summed E-state index contributed by atoms with van der Waals surface area (Å²) in [6, 6.07) is 5.94. The Balaban J connectivity index is 0.00000199. The number of rotatable bonds is 8. The Hall–Kier alpha value is -1.93. The van der Waals surface area contributed by atoms with E-state index in [1.807, 2.05) is 26.0 Å². The van der Waals surface area contributed by atoms with E-state index in [1.165, 1.54) is 12.5 Å². The molecule has 1 aromatic carbocycles. The fourth-order valence-electron chi connectivity index (χ4n) is 4.72.